The van der Waals surface area contributed by atoms with Gasteiger partial charge in [0.2, 0.25) is 23.0 Å². The number of hydrogen-bond acceptors (Lipinski definition) is 8. The molecule has 0 atom stereocenters. The fourth-order valence-corrected chi connectivity index (χ4v) is 8.28. The fraction of sp³-hybridized carbons (Fsp3) is 0.0667. The molecule has 1 aliphatic rings. The molecule has 0 saturated carbocycles. The second-order valence-electron chi connectivity index (χ2n) is 14.1. The maximum atomic E-state index is 11.7. The van der Waals surface area contributed by atoms with Crippen molar-refractivity contribution in [2.24, 2.45) is 0 Å². The first-order valence-corrected chi connectivity index (χ1v) is 17.0. The minimum Gasteiger partial charge on any atom is -0.504 e. The van der Waals surface area contributed by atoms with Crippen molar-refractivity contribution in [3.05, 3.63) is 120 Å². The van der Waals surface area contributed by atoms with Gasteiger partial charge < -0.3 is 40.9 Å². The summed E-state index contributed by atoms with van der Waals surface area (Å²) in [6.07, 6.45) is 0. The van der Waals surface area contributed by atoms with E-state index in [4.69, 9.17) is 0 Å². The van der Waals surface area contributed by atoms with E-state index in [-0.39, 0.29) is 38.1 Å². The summed E-state index contributed by atoms with van der Waals surface area (Å²) in [6.45, 7) is 4.36. The number of aromatic hydroxyl groups is 8. The van der Waals surface area contributed by atoms with Crippen molar-refractivity contribution in [2.75, 3.05) is 0 Å². The molecule has 0 aliphatic heterocycles. The van der Waals surface area contributed by atoms with Gasteiger partial charge in [-0.15, -0.1) is 0 Å². The van der Waals surface area contributed by atoms with E-state index in [1.54, 1.807) is 36.4 Å². The van der Waals surface area contributed by atoms with Gasteiger partial charge >= 0.3 is 0 Å². The molecule has 0 radical (unpaired) electrons. The number of rotatable bonds is 3. The monoisotopic (exact) mass is 700 g/mol. The predicted molar refractivity (Wildman–Crippen MR) is 206 cm³/mol. The molecule has 53 heavy (non-hydrogen) atoms. The highest BCUT2D eigenvalue weighted by atomic mass is 16.4. The van der Waals surface area contributed by atoms with Crippen LogP contribution in [0.1, 0.15) is 25.0 Å². The van der Waals surface area contributed by atoms with Gasteiger partial charge in [-0.25, -0.2) is 0 Å². The third kappa shape index (κ3) is 4.29. The molecule has 0 bridgehead atoms. The molecule has 0 aromatic heterocycles. The molecule has 0 heterocycles. The Kier molecular flexibility index (Phi) is 6.60. The van der Waals surface area contributed by atoms with Crippen LogP contribution < -0.4 is 0 Å². The molecular formula is C45H32O8. The summed E-state index contributed by atoms with van der Waals surface area (Å²) in [5, 5.41) is 91.1. The zero-order chi connectivity index (χ0) is 37.1. The summed E-state index contributed by atoms with van der Waals surface area (Å²) in [5.74, 6) is -7.30. The van der Waals surface area contributed by atoms with Crippen LogP contribution in [0, 0.1) is 0 Å². The minimum atomic E-state index is -1.01. The standard InChI is InChI=1S/C45H32O8/c1-45(2)29-13-6-5-12-27(29)28-17-16-24(20-30(28)45)23-10-7-11-25(19-23)31-33-35(39(48)43(52)41(50)37(33)46)32(26-15-14-21-8-3-4-9-22(21)18-26)36-34(31)38(47)42(51)44(53)40(36)49/h3-20,46-53H,1-2H3. The Morgan fingerprint density at radius 2 is 0.792 bits per heavy atom. The average molecular weight is 701 g/mol. The Morgan fingerprint density at radius 1 is 0.340 bits per heavy atom. The van der Waals surface area contributed by atoms with E-state index in [9.17, 15) is 40.9 Å². The lowest BCUT2D eigenvalue weighted by Crippen LogP contribution is -2.14. The number of hydrogen-bond donors (Lipinski definition) is 8. The molecule has 0 amide bonds. The molecule has 8 N–H and O–H groups in total. The average Bonchev–Trinajstić information content (AvgIpc) is 3.41. The van der Waals surface area contributed by atoms with E-state index in [1.807, 2.05) is 48.5 Å². The Labute approximate surface area is 302 Å². The molecule has 0 spiro atoms. The van der Waals surface area contributed by atoms with Crippen LogP contribution in [0.2, 0.25) is 0 Å². The third-order valence-electron chi connectivity index (χ3n) is 10.9. The third-order valence-corrected chi connectivity index (χ3v) is 10.9. The molecule has 8 nitrogen and oxygen atoms in total. The van der Waals surface area contributed by atoms with Gasteiger partial charge in [0.1, 0.15) is 0 Å². The zero-order valence-electron chi connectivity index (χ0n) is 28.5. The SMILES string of the molecule is CC1(C)c2ccccc2-c2ccc(-c3cccc(-c4c5c(O)c(O)c(O)c(O)c5c(-c5ccc6ccccc6c5)c5c(O)c(O)c(O)c(O)c45)c3)cc21. The van der Waals surface area contributed by atoms with Crippen LogP contribution in [-0.2, 0) is 5.41 Å². The lowest BCUT2D eigenvalue weighted by molar-refractivity contribution is 0.350. The first kappa shape index (κ1) is 31.9. The lowest BCUT2D eigenvalue weighted by atomic mass is 9.81. The summed E-state index contributed by atoms with van der Waals surface area (Å²) in [4.78, 5) is 0. The predicted octanol–water partition coefficient (Wildman–Crippen LogP) is 10.1. The van der Waals surface area contributed by atoms with Gasteiger partial charge in [0, 0.05) is 38.1 Å². The quantitative estimate of drug-likeness (QED) is 0.0513. The van der Waals surface area contributed by atoms with Gasteiger partial charge in [-0.3, -0.25) is 0 Å². The van der Waals surface area contributed by atoms with Gasteiger partial charge in [-0.2, -0.15) is 0 Å². The van der Waals surface area contributed by atoms with Crippen LogP contribution in [0.25, 0.3) is 76.8 Å². The van der Waals surface area contributed by atoms with Gasteiger partial charge in [-0.05, 0) is 73.5 Å². The number of fused-ring (bicyclic) bond motifs is 6. The van der Waals surface area contributed by atoms with Crippen molar-refractivity contribution in [1.82, 2.24) is 0 Å². The van der Waals surface area contributed by atoms with Crippen LogP contribution in [0.4, 0.5) is 0 Å². The van der Waals surface area contributed by atoms with Crippen molar-refractivity contribution < 1.29 is 40.9 Å². The van der Waals surface area contributed by atoms with Gasteiger partial charge in [0.15, 0.2) is 23.0 Å². The highest BCUT2D eigenvalue weighted by Gasteiger charge is 2.36. The maximum absolute atomic E-state index is 11.7. The number of benzene rings is 8. The van der Waals surface area contributed by atoms with Crippen LogP contribution in [0.15, 0.2) is 109 Å². The van der Waals surface area contributed by atoms with Gasteiger partial charge in [0.25, 0.3) is 0 Å². The second-order valence-corrected chi connectivity index (χ2v) is 14.1. The molecule has 0 fully saturated rings. The van der Waals surface area contributed by atoms with E-state index < -0.39 is 46.0 Å². The Balaban J connectivity index is 1.40. The molecule has 8 aromatic carbocycles. The van der Waals surface area contributed by atoms with E-state index in [0.29, 0.717) is 11.1 Å². The van der Waals surface area contributed by atoms with Crippen LogP contribution >= 0.6 is 0 Å². The maximum Gasteiger partial charge on any atom is 0.204 e. The molecule has 0 unspecified atom stereocenters. The number of phenolic OH excluding ortho intramolecular Hbond substituents is 8. The van der Waals surface area contributed by atoms with E-state index in [2.05, 4.69) is 38.1 Å². The smallest absolute Gasteiger partial charge is 0.204 e. The molecule has 8 heteroatoms. The molecule has 9 rings (SSSR count). The largest absolute Gasteiger partial charge is 0.504 e. The second kappa shape index (κ2) is 11.0. The van der Waals surface area contributed by atoms with Crippen molar-refractivity contribution >= 4 is 32.3 Å². The molecular weight excluding hydrogens is 668 g/mol. The van der Waals surface area contributed by atoms with E-state index in [1.165, 1.54) is 11.1 Å². The van der Waals surface area contributed by atoms with Gasteiger partial charge in [0.05, 0.1) is 0 Å². The molecule has 260 valence electrons. The fourth-order valence-electron chi connectivity index (χ4n) is 8.28. The van der Waals surface area contributed by atoms with Crippen molar-refractivity contribution in [1.29, 1.82) is 0 Å². The van der Waals surface area contributed by atoms with Gasteiger partial charge in [-0.1, -0.05) is 105 Å². The molecule has 0 saturated heterocycles. The van der Waals surface area contributed by atoms with Crippen molar-refractivity contribution in [2.45, 2.75) is 19.3 Å². The summed E-state index contributed by atoms with van der Waals surface area (Å²) < 4.78 is 0. The molecule has 8 aromatic rings. The topological polar surface area (TPSA) is 162 Å². The summed E-state index contributed by atoms with van der Waals surface area (Å²) in [7, 11) is 0. The first-order chi connectivity index (χ1) is 25.4. The molecule has 1 aliphatic carbocycles. The van der Waals surface area contributed by atoms with Crippen molar-refractivity contribution in [3.63, 3.8) is 0 Å². The minimum absolute atomic E-state index is 0.00137. The van der Waals surface area contributed by atoms with E-state index >= 15 is 0 Å². The van der Waals surface area contributed by atoms with Crippen molar-refractivity contribution in [3.8, 4) is 90.5 Å². The Hall–Kier alpha value is -7.06. The Morgan fingerprint density at radius 3 is 1.40 bits per heavy atom. The van der Waals surface area contributed by atoms with Crippen LogP contribution in [0.3, 0.4) is 0 Å². The normalized spacial score (nSPS) is 13.1. The summed E-state index contributed by atoms with van der Waals surface area (Å²) in [5.41, 5.74) is 6.75. The summed E-state index contributed by atoms with van der Waals surface area (Å²) in [6, 6.07) is 34.4. The zero-order valence-corrected chi connectivity index (χ0v) is 28.5. The number of phenols is 8. The van der Waals surface area contributed by atoms with E-state index in [0.717, 1.165) is 33.0 Å². The Bertz CT molecular complexity index is 2830. The lowest BCUT2D eigenvalue weighted by Gasteiger charge is -2.23. The summed E-state index contributed by atoms with van der Waals surface area (Å²) >= 11 is 0. The highest BCUT2D eigenvalue weighted by molar-refractivity contribution is 6.29. The van der Waals surface area contributed by atoms with Crippen LogP contribution in [0.5, 0.6) is 46.0 Å². The first-order valence-electron chi connectivity index (χ1n) is 17.0. The van der Waals surface area contributed by atoms with Crippen LogP contribution in [-0.4, -0.2) is 40.9 Å². The highest BCUT2D eigenvalue weighted by Crippen LogP contribution is 2.62.